The highest BCUT2D eigenvalue weighted by atomic mass is 16.5. The molecule has 1 saturated carbocycles. The summed E-state index contributed by atoms with van der Waals surface area (Å²) in [6.07, 6.45) is 5.44. The predicted octanol–water partition coefficient (Wildman–Crippen LogP) is 4.30. The summed E-state index contributed by atoms with van der Waals surface area (Å²) in [6.45, 7) is 0. The monoisotopic (exact) mass is 383 g/mol. The third-order valence-electron chi connectivity index (χ3n) is 5.19. The Morgan fingerprint density at radius 2 is 1.83 bits per heavy atom. The van der Waals surface area contributed by atoms with E-state index in [2.05, 4.69) is 32.4 Å². The van der Waals surface area contributed by atoms with E-state index < -0.39 is 0 Å². The first-order chi connectivity index (χ1) is 14.2. The molecule has 1 aliphatic rings. The molecule has 29 heavy (non-hydrogen) atoms. The van der Waals surface area contributed by atoms with Gasteiger partial charge in [-0.15, -0.1) is 0 Å². The minimum atomic E-state index is 0.128. The molecule has 144 valence electrons. The van der Waals surface area contributed by atoms with E-state index in [1.807, 2.05) is 42.5 Å². The Morgan fingerprint density at radius 1 is 0.931 bits per heavy atom. The number of fused-ring (bicyclic) bond motifs is 1. The largest absolute Gasteiger partial charge is 0.474 e. The summed E-state index contributed by atoms with van der Waals surface area (Å²) < 4.78 is 6.17. The molecule has 0 amide bonds. The number of ether oxygens (including phenoxy) is 1. The summed E-state index contributed by atoms with van der Waals surface area (Å²) in [5, 5.41) is 4.65. The number of nitrogen functional groups attached to an aromatic ring is 1. The number of nitrogens with one attached hydrogen (secondary N) is 1. The maximum absolute atomic E-state index is 6.17. The molecule has 1 aliphatic carbocycles. The molecule has 4 aromatic rings. The van der Waals surface area contributed by atoms with E-state index in [1.54, 1.807) is 18.5 Å². The zero-order chi connectivity index (χ0) is 19.6. The topological polar surface area (TPSA) is 86.0 Å². The zero-order valence-corrected chi connectivity index (χ0v) is 15.8. The number of nitrogens with zero attached hydrogens (tertiary/aromatic N) is 3. The van der Waals surface area contributed by atoms with Gasteiger partial charge in [0.25, 0.3) is 0 Å². The van der Waals surface area contributed by atoms with Gasteiger partial charge in [0.15, 0.2) is 0 Å². The van der Waals surface area contributed by atoms with Crippen molar-refractivity contribution in [1.82, 2.24) is 15.0 Å². The van der Waals surface area contributed by atoms with E-state index in [0.29, 0.717) is 17.7 Å². The number of nitrogens with two attached hydrogens (primary N) is 1. The lowest BCUT2D eigenvalue weighted by atomic mass is 9.89. The van der Waals surface area contributed by atoms with Gasteiger partial charge in [-0.25, -0.2) is 15.0 Å². The summed E-state index contributed by atoms with van der Waals surface area (Å²) in [5.41, 5.74) is 8.56. The lowest BCUT2D eigenvalue weighted by Crippen LogP contribution is -2.42. The number of rotatable bonds is 5. The highest BCUT2D eigenvalue weighted by Crippen LogP contribution is 2.33. The summed E-state index contributed by atoms with van der Waals surface area (Å²) >= 11 is 0. The van der Waals surface area contributed by atoms with Crippen LogP contribution in [0.5, 0.6) is 5.88 Å². The molecule has 0 saturated heterocycles. The van der Waals surface area contributed by atoms with Gasteiger partial charge in [-0.05, 0) is 42.5 Å². The number of para-hydroxylation sites is 1. The van der Waals surface area contributed by atoms with Crippen LogP contribution in [-0.4, -0.2) is 27.1 Å². The Labute approximate surface area is 168 Å². The van der Waals surface area contributed by atoms with Gasteiger partial charge in [0, 0.05) is 47.8 Å². The number of anilines is 2. The van der Waals surface area contributed by atoms with E-state index in [-0.39, 0.29) is 6.10 Å². The Morgan fingerprint density at radius 3 is 2.69 bits per heavy atom. The van der Waals surface area contributed by atoms with Crippen LogP contribution >= 0.6 is 0 Å². The molecular weight excluding hydrogens is 362 g/mol. The molecule has 1 fully saturated rings. The highest BCUT2D eigenvalue weighted by Gasteiger charge is 2.32. The van der Waals surface area contributed by atoms with Gasteiger partial charge in [0.2, 0.25) is 5.88 Å². The molecule has 0 aliphatic heterocycles. The minimum absolute atomic E-state index is 0.128. The molecule has 0 unspecified atom stereocenters. The number of hydrogen-bond donors (Lipinski definition) is 2. The van der Waals surface area contributed by atoms with Gasteiger partial charge in [0.05, 0.1) is 5.52 Å². The first-order valence-corrected chi connectivity index (χ1v) is 9.70. The minimum Gasteiger partial charge on any atom is -0.474 e. The summed E-state index contributed by atoms with van der Waals surface area (Å²) in [6, 6.07) is 20.2. The average Bonchev–Trinajstić information content (AvgIpc) is 2.73. The van der Waals surface area contributed by atoms with Gasteiger partial charge in [-0.3, -0.25) is 0 Å². The van der Waals surface area contributed by atoms with Crippen LogP contribution < -0.4 is 15.8 Å². The van der Waals surface area contributed by atoms with Crippen LogP contribution in [0.15, 0.2) is 73.1 Å². The standard InChI is InChI=1S/C23H21N5O/c24-21-9-7-16(14-26-21)19-5-3-11-25-23(19)29-18-12-17(13-18)27-22-10-8-15-4-1-2-6-20(15)28-22/h1-11,14,17-18H,12-13H2,(H2,24,26)(H,27,28). The molecule has 3 heterocycles. The third-order valence-corrected chi connectivity index (χ3v) is 5.19. The Kier molecular flexibility index (Phi) is 4.44. The SMILES string of the molecule is Nc1ccc(-c2cccnc2OC2CC(Nc3ccc4ccccc4n3)C2)cn1. The summed E-state index contributed by atoms with van der Waals surface area (Å²) in [4.78, 5) is 13.3. The number of pyridine rings is 3. The smallest absolute Gasteiger partial charge is 0.221 e. The number of hydrogen-bond acceptors (Lipinski definition) is 6. The van der Waals surface area contributed by atoms with E-state index >= 15 is 0 Å². The maximum atomic E-state index is 6.17. The van der Waals surface area contributed by atoms with Gasteiger partial charge >= 0.3 is 0 Å². The number of aromatic nitrogens is 3. The van der Waals surface area contributed by atoms with Gasteiger partial charge in [-0.2, -0.15) is 0 Å². The van der Waals surface area contributed by atoms with Crippen molar-refractivity contribution in [3.63, 3.8) is 0 Å². The summed E-state index contributed by atoms with van der Waals surface area (Å²) in [7, 11) is 0. The van der Waals surface area contributed by atoms with E-state index in [0.717, 1.165) is 40.7 Å². The van der Waals surface area contributed by atoms with Crippen molar-refractivity contribution in [1.29, 1.82) is 0 Å². The third kappa shape index (κ3) is 3.69. The molecule has 3 aromatic heterocycles. The van der Waals surface area contributed by atoms with Crippen LogP contribution in [0.1, 0.15) is 12.8 Å². The van der Waals surface area contributed by atoms with Crippen molar-refractivity contribution in [2.75, 3.05) is 11.1 Å². The van der Waals surface area contributed by atoms with Crippen LogP contribution in [-0.2, 0) is 0 Å². The lowest BCUT2D eigenvalue weighted by Gasteiger charge is -2.36. The van der Waals surface area contributed by atoms with Gasteiger partial charge in [-0.1, -0.05) is 18.2 Å². The van der Waals surface area contributed by atoms with Crippen LogP contribution in [0.25, 0.3) is 22.0 Å². The van der Waals surface area contributed by atoms with Crippen molar-refractivity contribution in [3.8, 4) is 17.0 Å². The normalized spacial score (nSPS) is 18.2. The number of benzene rings is 1. The highest BCUT2D eigenvalue weighted by molar-refractivity contribution is 5.80. The molecule has 1 aromatic carbocycles. The molecule has 6 heteroatoms. The van der Waals surface area contributed by atoms with E-state index in [9.17, 15) is 0 Å². The van der Waals surface area contributed by atoms with Crippen LogP contribution in [0.2, 0.25) is 0 Å². The van der Waals surface area contributed by atoms with Crippen molar-refractivity contribution in [2.24, 2.45) is 0 Å². The average molecular weight is 383 g/mol. The van der Waals surface area contributed by atoms with Gasteiger partial charge in [0.1, 0.15) is 17.7 Å². The molecular formula is C23H21N5O. The second-order valence-electron chi connectivity index (χ2n) is 7.27. The second-order valence-corrected chi connectivity index (χ2v) is 7.27. The zero-order valence-electron chi connectivity index (χ0n) is 15.8. The van der Waals surface area contributed by atoms with Crippen molar-refractivity contribution in [2.45, 2.75) is 25.0 Å². The van der Waals surface area contributed by atoms with E-state index in [1.165, 1.54) is 0 Å². The molecule has 5 rings (SSSR count). The molecule has 3 N–H and O–H groups in total. The molecule has 0 atom stereocenters. The maximum Gasteiger partial charge on any atom is 0.221 e. The Hall–Kier alpha value is -3.67. The van der Waals surface area contributed by atoms with Crippen molar-refractivity contribution in [3.05, 3.63) is 73.1 Å². The summed E-state index contributed by atoms with van der Waals surface area (Å²) in [5.74, 6) is 2.03. The van der Waals surface area contributed by atoms with Crippen molar-refractivity contribution >= 4 is 22.5 Å². The van der Waals surface area contributed by atoms with Crippen LogP contribution in [0, 0.1) is 0 Å². The molecule has 0 spiro atoms. The van der Waals surface area contributed by atoms with Crippen LogP contribution in [0.3, 0.4) is 0 Å². The fourth-order valence-electron chi connectivity index (χ4n) is 3.56. The van der Waals surface area contributed by atoms with Crippen molar-refractivity contribution < 1.29 is 4.74 Å². The van der Waals surface area contributed by atoms with Crippen LogP contribution in [0.4, 0.5) is 11.6 Å². The second kappa shape index (κ2) is 7.39. The predicted molar refractivity (Wildman–Crippen MR) is 115 cm³/mol. The first-order valence-electron chi connectivity index (χ1n) is 9.70. The molecule has 0 radical (unpaired) electrons. The molecule has 6 nitrogen and oxygen atoms in total. The lowest BCUT2D eigenvalue weighted by molar-refractivity contribution is 0.103. The fraction of sp³-hybridized carbons (Fsp3) is 0.174. The van der Waals surface area contributed by atoms with E-state index in [4.69, 9.17) is 10.5 Å². The van der Waals surface area contributed by atoms with Gasteiger partial charge < -0.3 is 15.8 Å². The Balaban J connectivity index is 1.23. The molecule has 0 bridgehead atoms. The Bertz CT molecular complexity index is 1140. The fourth-order valence-corrected chi connectivity index (χ4v) is 3.56. The first kappa shape index (κ1) is 17.4. The quantitative estimate of drug-likeness (QED) is 0.534.